The predicted octanol–water partition coefficient (Wildman–Crippen LogP) is 1.32. The summed E-state index contributed by atoms with van der Waals surface area (Å²) in [5, 5.41) is 4.70. The van der Waals surface area contributed by atoms with E-state index < -0.39 is 0 Å². The second-order valence-corrected chi connectivity index (χ2v) is 5.80. The van der Waals surface area contributed by atoms with Crippen molar-refractivity contribution in [3.8, 4) is 0 Å². The van der Waals surface area contributed by atoms with Crippen molar-refractivity contribution in [2.75, 3.05) is 39.3 Å². The molecule has 1 unspecified atom stereocenters. The van der Waals surface area contributed by atoms with Crippen molar-refractivity contribution in [2.24, 2.45) is 5.73 Å². The van der Waals surface area contributed by atoms with Crippen molar-refractivity contribution in [2.45, 2.75) is 39.3 Å². The van der Waals surface area contributed by atoms with Gasteiger partial charge >= 0.3 is 0 Å². The van der Waals surface area contributed by atoms with Crippen LogP contribution < -0.4 is 5.73 Å². The molecule has 2 rings (SSSR count). The fourth-order valence-electron chi connectivity index (χ4n) is 2.71. The zero-order valence-electron chi connectivity index (χ0n) is 13.0. The SMILES string of the molecule is CCC(C)n1ccc(CN2CCCN(CCN)CC2)n1. The third-order valence-corrected chi connectivity index (χ3v) is 4.22. The average molecular weight is 279 g/mol. The molecule has 5 nitrogen and oxygen atoms in total. The highest BCUT2D eigenvalue weighted by Crippen LogP contribution is 2.12. The summed E-state index contributed by atoms with van der Waals surface area (Å²) in [6.45, 7) is 11.8. The lowest BCUT2D eigenvalue weighted by Crippen LogP contribution is -2.33. The Kier molecular flexibility index (Phi) is 6.01. The van der Waals surface area contributed by atoms with E-state index in [4.69, 9.17) is 10.8 Å². The van der Waals surface area contributed by atoms with Gasteiger partial charge in [0.25, 0.3) is 0 Å². The third-order valence-electron chi connectivity index (χ3n) is 4.22. The van der Waals surface area contributed by atoms with E-state index in [9.17, 15) is 0 Å². The molecule has 20 heavy (non-hydrogen) atoms. The molecule has 114 valence electrons. The van der Waals surface area contributed by atoms with Gasteiger partial charge in [-0.3, -0.25) is 9.58 Å². The maximum atomic E-state index is 5.64. The van der Waals surface area contributed by atoms with Gasteiger partial charge in [-0.15, -0.1) is 0 Å². The van der Waals surface area contributed by atoms with Crippen molar-refractivity contribution in [1.82, 2.24) is 19.6 Å². The molecule has 1 aliphatic heterocycles. The highest BCUT2D eigenvalue weighted by molar-refractivity contribution is 4.99. The molecule has 1 aromatic rings. The van der Waals surface area contributed by atoms with E-state index in [0.29, 0.717) is 6.04 Å². The van der Waals surface area contributed by atoms with Crippen LogP contribution >= 0.6 is 0 Å². The van der Waals surface area contributed by atoms with Crippen LogP contribution in [0.4, 0.5) is 0 Å². The van der Waals surface area contributed by atoms with Crippen LogP contribution in [0.1, 0.15) is 38.4 Å². The second kappa shape index (κ2) is 7.76. The van der Waals surface area contributed by atoms with Gasteiger partial charge in [-0.05, 0) is 38.9 Å². The summed E-state index contributed by atoms with van der Waals surface area (Å²) >= 11 is 0. The van der Waals surface area contributed by atoms with Crippen LogP contribution in [0.2, 0.25) is 0 Å². The first-order valence-electron chi connectivity index (χ1n) is 7.91. The van der Waals surface area contributed by atoms with Crippen molar-refractivity contribution in [1.29, 1.82) is 0 Å². The summed E-state index contributed by atoms with van der Waals surface area (Å²) < 4.78 is 2.09. The Morgan fingerprint density at radius 3 is 2.75 bits per heavy atom. The van der Waals surface area contributed by atoms with Gasteiger partial charge < -0.3 is 10.6 Å². The van der Waals surface area contributed by atoms with E-state index in [2.05, 4.69) is 40.6 Å². The van der Waals surface area contributed by atoms with Gasteiger partial charge in [-0.25, -0.2) is 0 Å². The summed E-state index contributed by atoms with van der Waals surface area (Å²) in [6, 6.07) is 2.65. The van der Waals surface area contributed by atoms with Crippen LogP contribution in [-0.4, -0.2) is 58.8 Å². The Balaban J connectivity index is 1.85. The van der Waals surface area contributed by atoms with E-state index >= 15 is 0 Å². The summed E-state index contributed by atoms with van der Waals surface area (Å²) in [5.74, 6) is 0. The lowest BCUT2D eigenvalue weighted by atomic mass is 10.3. The fourth-order valence-corrected chi connectivity index (χ4v) is 2.71. The van der Waals surface area contributed by atoms with Gasteiger partial charge in [-0.2, -0.15) is 5.10 Å². The topological polar surface area (TPSA) is 50.3 Å². The summed E-state index contributed by atoms with van der Waals surface area (Å²) in [5.41, 5.74) is 6.84. The molecule has 5 heteroatoms. The fraction of sp³-hybridized carbons (Fsp3) is 0.800. The molecule has 1 saturated heterocycles. The van der Waals surface area contributed by atoms with E-state index in [1.54, 1.807) is 0 Å². The van der Waals surface area contributed by atoms with Gasteiger partial charge in [0, 0.05) is 45.0 Å². The van der Waals surface area contributed by atoms with Crippen LogP contribution in [0.5, 0.6) is 0 Å². The summed E-state index contributed by atoms with van der Waals surface area (Å²) in [6.07, 6.45) is 4.47. The normalized spacial score (nSPS) is 19.9. The standard InChI is InChI=1S/C15H29N5/c1-3-14(2)20-9-5-15(17-20)13-19-8-4-7-18(10-6-16)11-12-19/h5,9,14H,3-4,6-8,10-13,16H2,1-2H3. The third kappa shape index (κ3) is 4.30. The highest BCUT2D eigenvalue weighted by atomic mass is 15.3. The predicted molar refractivity (Wildman–Crippen MR) is 82.6 cm³/mol. The van der Waals surface area contributed by atoms with Gasteiger partial charge in [0.15, 0.2) is 0 Å². The van der Waals surface area contributed by atoms with Crippen LogP contribution in [0.3, 0.4) is 0 Å². The van der Waals surface area contributed by atoms with Gasteiger partial charge in [0.05, 0.1) is 5.69 Å². The van der Waals surface area contributed by atoms with E-state index in [1.807, 2.05) is 0 Å². The largest absolute Gasteiger partial charge is 0.329 e. The van der Waals surface area contributed by atoms with Crippen molar-refractivity contribution in [3.05, 3.63) is 18.0 Å². The Labute approximate surface area is 122 Å². The molecule has 1 aliphatic rings. The van der Waals surface area contributed by atoms with Crippen LogP contribution in [0, 0.1) is 0 Å². The highest BCUT2D eigenvalue weighted by Gasteiger charge is 2.15. The van der Waals surface area contributed by atoms with Gasteiger partial charge in [0.1, 0.15) is 0 Å². The van der Waals surface area contributed by atoms with Gasteiger partial charge in [-0.1, -0.05) is 6.92 Å². The molecule has 0 aliphatic carbocycles. The molecule has 0 saturated carbocycles. The molecule has 1 fully saturated rings. The van der Waals surface area contributed by atoms with Crippen molar-refractivity contribution >= 4 is 0 Å². The van der Waals surface area contributed by atoms with Gasteiger partial charge in [0.2, 0.25) is 0 Å². The molecule has 0 aromatic carbocycles. The number of rotatable bonds is 6. The molecule has 0 spiro atoms. The number of aromatic nitrogens is 2. The summed E-state index contributed by atoms with van der Waals surface area (Å²) in [4.78, 5) is 4.98. The molecule has 1 atom stereocenters. The average Bonchev–Trinajstić information content (AvgIpc) is 2.80. The molecular weight excluding hydrogens is 250 g/mol. The zero-order valence-corrected chi connectivity index (χ0v) is 13.0. The van der Waals surface area contributed by atoms with E-state index in [-0.39, 0.29) is 0 Å². The number of nitrogens with zero attached hydrogens (tertiary/aromatic N) is 4. The van der Waals surface area contributed by atoms with E-state index in [1.165, 1.54) is 18.7 Å². The quantitative estimate of drug-likeness (QED) is 0.853. The Hall–Kier alpha value is -0.910. The first kappa shape index (κ1) is 15.5. The first-order valence-corrected chi connectivity index (χ1v) is 7.91. The summed E-state index contributed by atoms with van der Waals surface area (Å²) in [7, 11) is 0. The van der Waals surface area contributed by atoms with Crippen LogP contribution in [0.25, 0.3) is 0 Å². The molecule has 0 bridgehead atoms. The first-order chi connectivity index (χ1) is 9.72. The molecule has 1 aromatic heterocycles. The minimum atomic E-state index is 0.493. The number of nitrogens with two attached hydrogens (primary N) is 1. The monoisotopic (exact) mass is 279 g/mol. The minimum absolute atomic E-state index is 0.493. The lowest BCUT2D eigenvalue weighted by molar-refractivity contribution is 0.252. The lowest BCUT2D eigenvalue weighted by Gasteiger charge is -2.20. The van der Waals surface area contributed by atoms with Crippen molar-refractivity contribution < 1.29 is 0 Å². The smallest absolute Gasteiger partial charge is 0.0764 e. The molecule has 0 radical (unpaired) electrons. The minimum Gasteiger partial charge on any atom is -0.329 e. The molecule has 2 heterocycles. The number of hydrogen-bond donors (Lipinski definition) is 1. The second-order valence-electron chi connectivity index (χ2n) is 5.80. The Morgan fingerprint density at radius 1 is 1.25 bits per heavy atom. The zero-order chi connectivity index (χ0) is 14.4. The molecule has 2 N–H and O–H groups in total. The Morgan fingerprint density at radius 2 is 2.00 bits per heavy atom. The molecular formula is C15H29N5. The maximum absolute atomic E-state index is 5.64. The maximum Gasteiger partial charge on any atom is 0.0764 e. The van der Waals surface area contributed by atoms with E-state index in [0.717, 1.165) is 45.7 Å². The van der Waals surface area contributed by atoms with Crippen molar-refractivity contribution in [3.63, 3.8) is 0 Å². The number of hydrogen-bond acceptors (Lipinski definition) is 4. The molecule has 0 amide bonds. The van der Waals surface area contributed by atoms with Crippen LogP contribution in [-0.2, 0) is 6.54 Å². The Bertz CT molecular complexity index is 389. The van der Waals surface area contributed by atoms with Crippen LogP contribution in [0.15, 0.2) is 12.3 Å².